The van der Waals surface area contributed by atoms with E-state index in [2.05, 4.69) is 9.88 Å². The minimum atomic E-state index is -0.179. The maximum atomic E-state index is 11.8. The number of carbonyl (C=O) groups is 1. The Morgan fingerprint density at radius 1 is 0.971 bits per heavy atom. The first-order valence-corrected chi connectivity index (χ1v) is 12.3. The number of rotatable bonds is 4. The van der Waals surface area contributed by atoms with Crippen molar-refractivity contribution < 1.29 is 19.0 Å². The van der Waals surface area contributed by atoms with E-state index < -0.39 is 0 Å². The zero-order valence-electron chi connectivity index (χ0n) is 18.1. The van der Waals surface area contributed by atoms with E-state index in [1.54, 1.807) is 18.2 Å². The van der Waals surface area contributed by atoms with Crippen LogP contribution in [0.25, 0.3) is 11.3 Å². The molecule has 6 rings (SSSR count). The molecule has 176 valence electrons. The predicted octanol–water partition coefficient (Wildman–Crippen LogP) is 5.86. The van der Waals surface area contributed by atoms with Crippen LogP contribution in [0.3, 0.4) is 0 Å². The average molecular weight is 526 g/mol. The van der Waals surface area contributed by atoms with Crippen molar-refractivity contribution in [3.05, 3.63) is 80.4 Å². The molecule has 0 unspecified atom stereocenters. The molecule has 0 radical (unpaired) electrons. The highest BCUT2D eigenvalue weighted by molar-refractivity contribution is 7.07. The molecule has 0 atom stereocenters. The van der Waals surface area contributed by atoms with Crippen molar-refractivity contribution in [2.24, 2.45) is 4.99 Å². The first-order valence-electron chi connectivity index (χ1n) is 10.7. The lowest BCUT2D eigenvalue weighted by molar-refractivity contribution is -0.118. The number of aromatic nitrogens is 1. The minimum absolute atomic E-state index is 0.0137. The summed E-state index contributed by atoms with van der Waals surface area (Å²) in [7, 11) is 0. The fourth-order valence-electron chi connectivity index (χ4n) is 3.94. The van der Waals surface area contributed by atoms with Crippen molar-refractivity contribution in [2.75, 3.05) is 18.7 Å². The summed E-state index contributed by atoms with van der Waals surface area (Å²) in [6.45, 7) is 0.757. The molecule has 3 heterocycles. The quantitative estimate of drug-likeness (QED) is 0.362. The topological polar surface area (TPSA) is 74.1 Å². The zero-order chi connectivity index (χ0) is 23.9. The van der Waals surface area contributed by atoms with Gasteiger partial charge in [-0.3, -0.25) is 4.79 Å². The van der Waals surface area contributed by atoms with Gasteiger partial charge < -0.3 is 24.1 Å². The fourth-order valence-corrected chi connectivity index (χ4v) is 5.31. The summed E-state index contributed by atoms with van der Waals surface area (Å²) in [4.78, 5) is 17.4. The van der Waals surface area contributed by atoms with Gasteiger partial charge in [-0.25, -0.2) is 4.99 Å². The molecule has 7 nitrogen and oxygen atoms in total. The van der Waals surface area contributed by atoms with E-state index in [1.165, 1.54) is 11.3 Å². The van der Waals surface area contributed by atoms with Crippen LogP contribution < -0.4 is 24.3 Å². The number of hydrogen-bond acceptors (Lipinski definition) is 6. The number of halogens is 2. The van der Waals surface area contributed by atoms with Crippen LogP contribution in [0.2, 0.25) is 10.0 Å². The Morgan fingerprint density at radius 2 is 1.83 bits per heavy atom. The van der Waals surface area contributed by atoms with E-state index in [4.69, 9.17) is 42.4 Å². The maximum absolute atomic E-state index is 11.8. The molecule has 35 heavy (non-hydrogen) atoms. The Labute approximate surface area is 214 Å². The molecule has 0 saturated heterocycles. The Morgan fingerprint density at radius 3 is 2.71 bits per heavy atom. The maximum Gasteiger partial charge on any atom is 0.262 e. The number of anilines is 1. The Bertz CT molecular complexity index is 1550. The van der Waals surface area contributed by atoms with Gasteiger partial charge in [0.05, 0.1) is 28.6 Å². The van der Waals surface area contributed by atoms with Gasteiger partial charge in [0.25, 0.3) is 5.91 Å². The van der Waals surface area contributed by atoms with Crippen LogP contribution in [0, 0.1) is 0 Å². The lowest BCUT2D eigenvalue weighted by Gasteiger charge is -2.19. The molecule has 0 aliphatic carbocycles. The SMILES string of the molecule is O=C1COc2ccc(-c3csc(=Nc4ccc(Cl)cc4Cl)n3Cc3ccc4c(c3)OCO4)cc2N1. The smallest absolute Gasteiger partial charge is 0.262 e. The summed E-state index contributed by atoms with van der Waals surface area (Å²) >= 11 is 14.0. The number of fused-ring (bicyclic) bond motifs is 2. The van der Waals surface area contributed by atoms with E-state index >= 15 is 0 Å². The van der Waals surface area contributed by atoms with E-state index in [9.17, 15) is 4.79 Å². The van der Waals surface area contributed by atoms with Crippen LogP contribution in [-0.4, -0.2) is 23.9 Å². The number of hydrogen-bond donors (Lipinski definition) is 1. The minimum Gasteiger partial charge on any atom is -0.482 e. The second-order valence-corrected chi connectivity index (χ2v) is 9.61. The Balaban J connectivity index is 1.47. The number of thiazole rings is 1. The average Bonchev–Trinajstić information content (AvgIpc) is 3.47. The van der Waals surface area contributed by atoms with Crippen LogP contribution in [0.1, 0.15) is 5.56 Å². The molecule has 10 heteroatoms. The van der Waals surface area contributed by atoms with Crippen molar-refractivity contribution in [1.29, 1.82) is 0 Å². The van der Waals surface area contributed by atoms with Gasteiger partial charge in [-0.15, -0.1) is 11.3 Å². The van der Waals surface area contributed by atoms with Gasteiger partial charge in [0.2, 0.25) is 6.79 Å². The lowest BCUT2D eigenvalue weighted by Crippen LogP contribution is -2.25. The van der Waals surface area contributed by atoms with Gasteiger partial charge in [-0.2, -0.15) is 0 Å². The number of amides is 1. The van der Waals surface area contributed by atoms with E-state index in [-0.39, 0.29) is 19.3 Å². The summed E-state index contributed by atoms with van der Waals surface area (Å²) in [6, 6.07) is 16.8. The largest absolute Gasteiger partial charge is 0.482 e. The molecule has 1 amide bonds. The van der Waals surface area contributed by atoms with Gasteiger partial charge in [0, 0.05) is 16.0 Å². The highest BCUT2D eigenvalue weighted by Gasteiger charge is 2.19. The van der Waals surface area contributed by atoms with Crippen molar-refractivity contribution in [3.63, 3.8) is 0 Å². The van der Waals surface area contributed by atoms with Gasteiger partial charge in [0.15, 0.2) is 22.9 Å². The molecule has 0 saturated carbocycles. The summed E-state index contributed by atoms with van der Waals surface area (Å²) < 4.78 is 18.6. The highest BCUT2D eigenvalue weighted by Crippen LogP contribution is 2.35. The predicted molar refractivity (Wildman–Crippen MR) is 135 cm³/mol. The van der Waals surface area contributed by atoms with Gasteiger partial charge in [-0.1, -0.05) is 29.3 Å². The van der Waals surface area contributed by atoms with Crippen LogP contribution in [0.4, 0.5) is 11.4 Å². The molecule has 2 aliphatic rings. The molecule has 0 fully saturated rings. The normalized spacial score (nSPS) is 14.5. The third-order valence-electron chi connectivity index (χ3n) is 5.61. The third kappa shape index (κ3) is 4.36. The summed E-state index contributed by atoms with van der Waals surface area (Å²) in [5.41, 5.74) is 4.12. The second-order valence-electron chi connectivity index (χ2n) is 7.93. The molecule has 0 spiro atoms. The first-order chi connectivity index (χ1) is 17.0. The van der Waals surface area contributed by atoms with E-state index in [0.29, 0.717) is 39.5 Å². The number of nitrogens with zero attached hydrogens (tertiary/aromatic N) is 2. The van der Waals surface area contributed by atoms with Crippen molar-refractivity contribution >= 4 is 51.8 Å². The van der Waals surface area contributed by atoms with Crippen LogP contribution in [-0.2, 0) is 11.3 Å². The van der Waals surface area contributed by atoms with Crippen LogP contribution in [0.5, 0.6) is 17.2 Å². The molecular weight excluding hydrogens is 509 g/mol. The van der Waals surface area contributed by atoms with Crippen molar-refractivity contribution in [1.82, 2.24) is 4.57 Å². The van der Waals surface area contributed by atoms with Crippen molar-refractivity contribution in [3.8, 4) is 28.5 Å². The summed E-state index contributed by atoms with van der Waals surface area (Å²) in [6.07, 6.45) is 0. The summed E-state index contributed by atoms with van der Waals surface area (Å²) in [5.74, 6) is 1.91. The van der Waals surface area contributed by atoms with Gasteiger partial charge in [0.1, 0.15) is 5.75 Å². The van der Waals surface area contributed by atoms with Gasteiger partial charge in [-0.05, 0) is 54.1 Å². The number of ether oxygens (including phenoxy) is 3. The second kappa shape index (κ2) is 8.96. The number of nitrogens with one attached hydrogen (secondary N) is 1. The van der Waals surface area contributed by atoms with Crippen LogP contribution in [0.15, 0.2) is 65.0 Å². The van der Waals surface area contributed by atoms with Gasteiger partial charge >= 0.3 is 0 Å². The molecule has 3 aromatic carbocycles. The molecule has 4 aromatic rings. The van der Waals surface area contributed by atoms with E-state index in [1.807, 2.05) is 41.8 Å². The standard InChI is InChI=1S/C25H17Cl2N3O4S/c26-16-3-4-18(17(27)9-16)29-25-30(10-14-1-5-22-23(7-14)34-13-33-22)20(12-35-25)15-2-6-21-19(8-15)28-24(31)11-32-21/h1-9,12H,10-11,13H2,(H,28,31). The van der Waals surface area contributed by atoms with E-state index in [0.717, 1.165) is 27.4 Å². The lowest BCUT2D eigenvalue weighted by atomic mass is 10.1. The molecule has 1 N–H and O–H groups in total. The summed E-state index contributed by atoms with van der Waals surface area (Å²) in [5, 5.41) is 5.92. The van der Waals surface area contributed by atoms with Crippen molar-refractivity contribution in [2.45, 2.75) is 6.54 Å². The number of benzene rings is 3. The molecule has 0 bridgehead atoms. The Hall–Kier alpha value is -3.46. The van der Waals surface area contributed by atoms with Crippen LogP contribution >= 0.6 is 34.5 Å². The first kappa shape index (κ1) is 22.0. The highest BCUT2D eigenvalue weighted by atomic mass is 35.5. The fraction of sp³-hybridized carbons (Fsp3) is 0.120. The molecule has 1 aromatic heterocycles. The Kier molecular flexibility index (Phi) is 5.64. The molecular formula is C25H17Cl2N3O4S. The zero-order valence-corrected chi connectivity index (χ0v) is 20.4. The monoisotopic (exact) mass is 525 g/mol. The molecule has 2 aliphatic heterocycles. The number of carbonyl (C=O) groups excluding carboxylic acids is 1. The third-order valence-corrected chi connectivity index (χ3v) is 7.01.